The Labute approximate surface area is 95.7 Å². The van der Waals surface area contributed by atoms with E-state index in [0.29, 0.717) is 17.7 Å². The van der Waals surface area contributed by atoms with Gasteiger partial charge in [0.15, 0.2) is 0 Å². The molecule has 0 aromatic heterocycles. The zero-order chi connectivity index (χ0) is 12.3. The Morgan fingerprint density at radius 2 is 2.19 bits per heavy atom. The predicted octanol–water partition coefficient (Wildman–Crippen LogP) is 2.26. The van der Waals surface area contributed by atoms with Crippen LogP contribution in [0.5, 0.6) is 0 Å². The summed E-state index contributed by atoms with van der Waals surface area (Å²) in [6.07, 6.45) is 4.52. The molecule has 0 saturated carbocycles. The molecule has 2 nitrogen and oxygen atoms in total. The van der Waals surface area contributed by atoms with Gasteiger partial charge in [-0.1, -0.05) is 5.92 Å². The normalized spacial score (nSPS) is 12.0. The average Bonchev–Trinajstić information content (AvgIpc) is 2.21. The maximum absolute atomic E-state index is 13.4. The number of hydrogen-bond donors (Lipinski definition) is 1. The molecule has 86 valence electrons. The first-order chi connectivity index (χ1) is 7.47. The maximum atomic E-state index is 13.4. The number of aliphatic hydroxyl groups is 1. The lowest BCUT2D eigenvalue weighted by Gasteiger charge is -2.22. The summed E-state index contributed by atoms with van der Waals surface area (Å²) in [5, 5.41) is 9.59. The van der Waals surface area contributed by atoms with Gasteiger partial charge in [0.25, 0.3) is 0 Å². The van der Waals surface area contributed by atoms with E-state index in [9.17, 15) is 9.50 Å². The Bertz CT molecular complexity index is 421. The van der Waals surface area contributed by atoms with Crippen LogP contribution in [-0.2, 0) is 0 Å². The van der Waals surface area contributed by atoms with Gasteiger partial charge in [-0.15, -0.1) is 6.42 Å². The SMILES string of the molecule is C#CCN(C)c1cc(C)c(F)cc1[C@H](C)O. The fourth-order valence-corrected chi connectivity index (χ4v) is 1.57. The van der Waals surface area contributed by atoms with E-state index < -0.39 is 6.10 Å². The lowest BCUT2D eigenvalue weighted by atomic mass is 10.0. The molecule has 0 aliphatic heterocycles. The molecule has 0 aliphatic rings. The van der Waals surface area contributed by atoms with E-state index in [2.05, 4.69) is 5.92 Å². The molecule has 1 atom stereocenters. The highest BCUT2D eigenvalue weighted by atomic mass is 19.1. The second kappa shape index (κ2) is 5.00. The van der Waals surface area contributed by atoms with Crippen LogP contribution in [0.15, 0.2) is 12.1 Å². The van der Waals surface area contributed by atoms with Crippen LogP contribution in [-0.4, -0.2) is 18.7 Å². The number of anilines is 1. The van der Waals surface area contributed by atoms with E-state index in [1.54, 1.807) is 19.9 Å². The minimum absolute atomic E-state index is 0.311. The molecule has 0 unspecified atom stereocenters. The van der Waals surface area contributed by atoms with Crippen LogP contribution in [0.3, 0.4) is 0 Å². The Morgan fingerprint density at radius 3 is 2.69 bits per heavy atom. The molecule has 0 saturated heterocycles. The van der Waals surface area contributed by atoms with Crippen molar-refractivity contribution in [2.45, 2.75) is 20.0 Å². The Hall–Kier alpha value is -1.53. The third-order valence-electron chi connectivity index (χ3n) is 2.50. The zero-order valence-corrected chi connectivity index (χ0v) is 9.79. The molecule has 1 aromatic carbocycles. The van der Waals surface area contributed by atoms with E-state index in [1.165, 1.54) is 6.07 Å². The zero-order valence-electron chi connectivity index (χ0n) is 9.79. The molecule has 3 heteroatoms. The fraction of sp³-hybridized carbons (Fsp3) is 0.385. The molecule has 0 bridgehead atoms. The summed E-state index contributed by atoms with van der Waals surface area (Å²) in [4.78, 5) is 1.81. The summed E-state index contributed by atoms with van der Waals surface area (Å²) in [6, 6.07) is 3.07. The summed E-state index contributed by atoms with van der Waals surface area (Å²) in [6.45, 7) is 3.72. The Kier molecular flexibility index (Phi) is 3.92. The van der Waals surface area contributed by atoms with Crippen molar-refractivity contribution in [1.82, 2.24) is 0 Å². The number of aliphatic hydroxyl groups excluding tert-OH is 1. The quantitative estimate of drug-likeness (QED) is 0.791. The first-order valence-corrected chi connectivity index (χ1v) is 5.10. The van der Waals surface area contributed by atoms with Crippen molar-refractivity contribution >= 4 is 5.69 Å². The largest absolute Gasteiger partial charge is 0.389 e. The highest BCUT2D eigenvalue weighted by Crippen LogP contribution is 2.28. The number of hydrogen-bond acceptors (Lipinski definition) is 2. The lowest BCUT2D eigenvalue weighted by molar-refractivity contribution is 0.199. The number of terminal acetylenes is 1. The molecule has 0 spiro atoms. The highest BCUT2D eigenvalue weighted by Gasteiger charge is 2.14. The summed E-state index contributed by atoms with van der Waals surface area (Å²) in [7, 11) is 1.82. The van der Waals surface area contributed by atoms with Crippen molar-refractivity contribution in [3.05, 3.63) is 29.1 Å². The molecule has 0 aliphatic carbocycles. The minimum Gasteiger partial charge on any atom is -0.389 e. The topological polar surface area (TPSA) is 23.5 Å². The average molecular weight is 221 g/mol. The van der Waals surface area contributed by atoms with Crippen molar-refractivity contribution in [3.8, 4) is 12.3 Å². The van der Waals surface area contributed by atoms with Crippen LogP contribution >= 0.6 is 0 Å². The fourth-order valence-electron chi connectivity index (χ4n) is 1.57. The molecule has 0 heterocycles. The van der Waals surface area contributed by atoms with Crippen molar-refractivity contribution in [3.63, 3.8) is 0 Å². The van der Waals surface area contributed by atoms with Crippen molar-refractivity contribution in [1.29, 1.82) is 0 Å². The van der Waals surface area contributed by atoms with Gasteiger partial charge in [-0.3, -0.25) is 0 Å². The number of rotatable bonds is 3. The molecule has 1 aromatic rings. The minimum atomic E-state index is -0.717. The number of halogens is 1. The molecule has 1 rings (SSSR count). The summed E-state index contributed by atoms with van der Waals surface area (Å²) < 4.78 is 13.4. The van der Waals surface area contributed by atoms with E-state index >= 15 is 0 Å². The maximum Gasteiger partial charge on any atom is 0.126 e. The van der Waals surface area contributed by atoms with Crippen LogP contribution in [0, 0.1) is 25.1 Å². The Morgan fingerprint density at radius 1 is 1.56 bits per heavy atom. The van der Waals surface area contributed by atoms with Crippen LogP contribution in [0.4, 0.5) is 10.1 Å². The van der Waals surface area contributed by atoms with Crippen molar-refractivity contribution < 1.29 is 9.50 Å². The third-order valence-corrected chi connectivity index (χ3v) is 2.50. The van der Waals surface area contributed by atoms with Crippen LogP contribution in [0.1, 0.15) is 24.2 Å². The molecule has 16 heavy (non-hydrogen) atoms. The van der Waals surface area contributed by atoms with Crippen molar-refractivity contribution in [2.24, 2.45) is 0 Å². The number of benzene rings is 1. The van der Waals surface area contributed by atoms with Gasteiger partial charge >= 0.3 is 0 Å². The second-order valence-corrected chi connectivity index (χ2v) is 3.90. The van der Waals surface area contributed by atoms with E-state index in [4.69, 9.17) is 6.42 Å². The molecular formula is C13H16FNO. The summed E-state index contributed by atoms with van der Waals surface area (Å²) in [5.41, 5.74) is 1.87. The smallest absolute Gasteiger partial charge is 0.126 e. The van der Waals surface area contributed by atoms with Gasteiger partial charge in [0.2, 0.25) is 0 Å². The first-order valence-electron chi connectivity index (χ1n) is 5.10. The third kappa shape index (κ3) is 2.53. The van der Waals surface area contributed by atoms with E-state index in [0.717, 1.165) is 5.69 Å². The lowest BCUT2D eigenvalue weighted by Crippen LogP contribution is -2.19. The molecule has 0 radical (unpaired) electrons. The van der Waals surface area contributed by atoms with Gasteiger partial charge in [0, 0.05) is 18.3 Å². The molecule has 1 N–H and O–H groups in total. The van der Waals surface area contributed by atoms with Gasteiger partial charge in [-0.25, -0.2) is 4.39 Å². The molecular weight excluding hydrogens is 205 g/mol. The van der Waals surface area contributed by atoms with Crippen molar-refractivity contribution in [2.75, 3.05) is 18.5 Å². The van der Waals surface area contributed by atoms with Gasteiger partial charge in [0.1, 0.15) is 5.82 Å². The van der Waals surface area contributed by atoms with Crippen LogP contribution in [0.2, 0.25) is 0 Å². The van der Waals surface area contributed by atoms with Gasteiger partial charge in [-0.05, 0) is 31.5 Å². The number of nitrogens with zero attached hydrogens (tertiary/aromatic N) is 1. The van der Waals surface area contributed by atoms with E-state index in [1.807, 2.05) is 11.9 Å². The van der Waals surface area contributed by atoms with E-state index in [-0.39, 0.29) is 5.82 Å². The monoisotopic (exact) mass is 221 g/mol. The summed E-state index contributed by atoms with van der Waals surface area (Å²) >= 11 is 0. The standard InChI is InChI=1S/C13H16FNO/c1-5-6-15(4)13-7-9(2)12(14)8-11(13)10(3)16/h1,7-8,10,16H,6H2,2-4H3/t10-/m0/s1. The molecule has 0 amide bonds. The molecule has 0 fully saturated rings. The highest BCUT2D eigenvalue weighted by molar-refractivity contribution is 5.56. The number of aryl methyl sites for hydroxylation is 1. The second-order valence-electron chi connectivity index (χ2n) is 3.90. The van der Waals surface area contributed by atoms with Gasteiger partial charge in [0.05, 0.1) is 12.6 Å². The van der Waals surface area contributed by atoms with Crippen LogP contribution < -0.4 is 4.90 Å². The first kappa shape index (κ1) is 12.5. The Balaban J connectivity index is 3.25. The predicted molar refractivity (Wildman–Crippen MR) is 63.9 cm³/mol. The van der Waals surface area contributed by atoms with Gasteiger partial charge in [-0.2, -0.15) is 0 Å². The van der Waals surface area contributed by atoms with Crippen LogP contribution in [0.25, 0.3) is 0 Å². The summed E-state index contributed by atoms with van der Waals surface area (Å²) in [5.74, 6) is 2.21. The van der Waals surface area contributed by atoms with Gasteiger partial charge < -0.3 is 10.0 Å².